The maximum atomic E-state index is 6.10. The number of rotatable bonds is 1. The van der Waals surface area contributed by atoms with Gasteiger partial charge in [0.1, 0.15) is 5.02 Å². The molecule has 2 N–H and O–H groups in total. The van der Waals surface area contributed by atoms with Gasteiger partial charge in [-0.15, -0.1) is 4.68 Å². The van der Waals surface area contributed by atoms with E-state index in [0.717, 1.165) is 22.6 Å². The molecule has 0 radical (unpaired) electrons. The van der Waals surface area contributed by atoms with Crippen molar-refractivity contribution in [3.63, 3.8) is 0 Å². The van der Waals surface area contributed by atoms with Gasteiger partial charge < -0.3 is 4.98 Å². The molecule has 16 heavy (non-hydrogen) atoms. The summed E-state index contributed by atoms with van der Waals surface area (Å²) in [7, 11) is 1.89. The zero-order valence-corrected chi connectivity index (χ0v) is 9.42. The van der Waals surface area contributed by atoms with Gasteiger partial charge in [-0.2, -0.15) is 5.10 Å². The topological polar surface area (TPSA) is 48.4 Å². The molecule has 2 aromatic heterocycles. The molecule has 0 fully saturated rings. The molecule has 3 aromatic rings. The summed E-state index contributed by atoms with van der Waals surface area (Å²) < 4.78 is 1.80. The second kappa shape index (κ2) is 3.35. The Morgan fingerprint density at radius 2 is 2.12 bits per heavy atom. The van der Waals surface area contributed by atoms with Crippen molar-refractivity contribution in [2.75, 3.05) is 0 Å². The number of hydrogen-bond acceptors (Lipinski definition) is 1. The lowest BCUT2D eigenvalue weighted by Crippen LogP contribution is -2.28. The molecular formula is C11H10ClN4+. The van der Waals surface area contributed by atoms with E-state index in [0.29, 0.717) is 5.02 Å². The standard InChI is InChI=1S/C11H9ClN4/c1-16-6-7(12)10(15-16)11-13-8-4-2-3-5-9(8)14-11/h2-6H,1H3,(H,13,14,15)/p+1. The zero-order chi connectivity index (χ0) is 11.1. The molecule has 0 spiro atoms. The van der Waals surface area contributed by atoms with Crippen molar-refractivity contribution < 1.29 is 4.68 Å². The van der Waals surface area contributed by atoms with Crippen molar-refractivity contribution >= 4 is 22.6 Å². The smallest absolute Gasteiger partial charge is 0.214 e. The van der Waals surface area contributed by atoms with Gasteiger partial charge in [0.05, 0.1) is 11.0 Å². The summed E-state index contributed by atoms with van der Waals surface area (Å²) in [6.45, 7) is 0. The van der Waals surface area contributed by atoms with Gasteiger partial charge in [0.15, 0.2) is 18.6 Å². The third kappa shape index (κ3) is 1.39. The number of H-pyrrole nitrogens is 2. The van der Waals surface area contributed by atoms with Gasteiger partial charge in [-0.25, -0.2) is 4.98 Å². The van der Waals surface area contributed by atoms with Gasteiger partial charge in [0.25, 0.3) is 0 Å². The molecule has 0 aliphatic rings. The van der Waals surface area contributed by atoms with Gasteiger partial charge in [0.2, 0.25) is 6.20 Å². The SMILES string of the molecule is C[n+]1cc(Cl)c(-c2nc3ccccc3[nH]2)[nH]1. The normalized spacial score (nSPS) is 11.1. The molecule has 5 heteroatoms. The van der Waals surface area contributed by atoms with Crippen LogP contribution in [0.5, 0.6) is 0 Å². The number of aromatic nitrogens is 4. The molecule has 3 rings (SSSR count). The van der Waals surface area contributed by atoms with Crippen LogP contribution in [0.2, 0.25) is 5.02 Å². The van der Waals surface area contributed by atoms with Crippen LogP contribution in [0, 0.1) is 0 Å². The largest absolute Gasteiger partial charge is 0.336 e. The minimum absolute atomic E-state index is 0.654. The number of benzene rings is 1. The van der Waals surface area contributed by atoms with E-state index in [-0.39, 0.29) is 0 Å². The van der Waals surface area contributed by atoms with Gasteiger partial charge in [-0.05, 0) is 12.1 Å². The molecule has 0 saturated carbocycles. The van der Waals surface area contributed by atoms with Crippen molar-refractivity contribution in [2.45, 2.75) is 0 Å². The number of imidazole rings is 1. The highest BCUT2D eigenvalue weighted by Crippen LogP contribution is 2.23. The Hall–Kier alpha value is -1.81. The number of aromatic amines is 2. The number of nitrogens with zero attached hydrogens (tertiary/aromatic N) is 2. The fraction of sp³-hybridized carbons (Fsp3) is 0.0909. The van der Waals surface area contributed by atoms with Crippen molar-refractivity contribution in [1.82, 2.24) is 15.1 Å². The second-order valence-corrected chi connectivity index (χ2v) is 4.08. The highest BCUT2D eigenvalue weighted by atomic mass is 35.5. The molecular weight excluding hydrogens is 224 g/mol. The van der Waals surface area contributed by atoms with Crippen LogP contribution in [-0.4, -0.2) is 15.1 Å². The van der Waals surface area contributed by atoms with Crippen LogP contribution in [0.4, 0.5) is 0 Å². The Bertz CT molecular complexity index is 620. The highest BCUT2D eigenvalue weighted by Gasteiger charge is 2.15. The van der Waals surface area contributed by atoms with E-state index in [1.807, 2.05) is 37.5 Å². The van der Waals surface area contributed by atoms with E-state index in [1.54, 1.807) is 4.68 Å². The number of halogens is 1. The Morgan fingerprint density at radius 3 is 2.81 bits per heavy atom. The number of nitrogens with one attached hydrogen (secondary N) is 2. The first-order valence-electron chi connectivity index (χ1n) is 4.93. The summed E-state index contributed by atoms with van der Waals surface area (Å²) in [6.07, 6.45) is 1.81. The first kappa shape index (κ1) is 9.42. The van der Waals surface area contributed by atoms with Crippen molar-refractivity contribution in [3.8, 4) is 11.5 Å². The molecule has 0 aliphatic heterocycles. The number of para-hydroxylation sites is 2. The van der Waals surface area contributed by atoms with Crippen molar-refractivity contribution in [3.05, 3.63) is 35.5 Å². The van der Waals surface area contributed by atoms with Crippen LogP contribution in [0.3, 0.4) is 0 Å². The van der Waals surface area contributed by atoms with Crippen LogP contribution in [0.1, 0.15) is 0 Å². The molecule has 0 saturated heterocycles. The van der Waals surface area contributed by atoms with Gasteiger partial charge in [-0.3, -0.25) is 0 Å². The fourth-order valence-corrected chi connectivity index (χ4v) is 2.01. The summed E-state index contributed by atoms with van der Waals surface area (Å²) in [5.74, 6) is 0.756. The molecule has 0 bridgehead atoms. The maximum Gasteiger partial charge on any atom is 0.214 e. The second-order valence-electron chi connectivity index (χ2n) is 3.68. The van der Waals surface area contributed by atoms with Gasteiger partial charge in [-0.1, -0.05) is 23.7 Å². The van der Waals surface area contributed by atoms with Gasteiger partial charge >= 0.3 is 0 Å². The minimum Gasteiger partial charge on any atom is -0.336 e. The average Bonchev–Trinajstić information content (AvgIpc) is 2.81. The van der Waals surface area contributed by atoms with Crippen LogP contribution >= 0.6 is 11.6 Å². The van der Waals surface area contributed by atoms with E-state index >= 15 is 0 Å². The predicted molar refractivity (Wildman–Crippen MR) is 62.1 cm³/mol. The molecule has 80 valence electrons. The van der Waals surface area contributed by atoms with E-state index in [2.05, 4.69) is 15.1 Å². The first-order valence-corrected chi connectivity index (χ1v) is 5.31. The molecule has 1 aromatic carbocycles. The molecule has 0 atom stereocenters. The Labute approximate surface area is 96.9 Å². The van der Waals surface area contributed by atoms with E-state index in [9.17, 15) is 0 Å². The highest BCUT2D eigenvalue weighted by molar-refractivity contribution is 6.32. The first-order chi connectivity index (χ1) is 7.74. The zero-order valence-electron chi connectivity index (χ0n) is 8.66. The maximum absolute atomic E-state index is 6.10. The van der Waals surface area contributed by atoms with E-state index in [4.69, 9.17) is 11.6 Å². The molecule has 2 heterocycles. The predicted octanol–water partition coefficient (Wildman–Crippen LogP) is 2.04. The van der Waals surface area contributed by atoms with Crippen LogP contribution in [0.15, 0.2) is 30.5 Å². The lowest BCUT2D eigenvalue weighted by Gasteiger charge is -1.87. The lowest BCUT2D eigenvalue weighted by atomic mass is 10.3. The summed E-state index contributed by atoms with van der Waals surface area (Å²) in [5.41, 5.74) is 2.75. The van der Waals surface area contributed by atoms with Crippen molar-refractivity contribution in [1.29, 1.82) is 0 Å². The summed E-state index contributed by atoms with van der Waals surface area (Å²) >= 11 is 6.10. The Morgan fingerprint density at radius 1 is 1.31 bits per heavy atom. The molecule has 0 unspecified atom stereocenters. The summed E-state index contributed by atoms with van der Waals surface area (Å²) in [6, 6.07) is 7.89. The van der Waals surface area contributed by atoms with E-state index < -0.39 is 0 Å². The molecule has 0 amide bonds. The Kier molecular flexibility index (Phi) is 1.97. The molecule has 0 aliphatic carbocycles. The summed E-state index contributed by atoms with van der Waals surface area (Å²) in [4.78, 5) is 7.70. The minimum atomic E-state index is 0.654. The van der Waals surface area contributed by atoms with Crippen LogP contribution < -0.4 is 4.68 Å². The lowest BCUT2D eigenvalue weighted by molar-refractivity contribution is -0.726. The fourth-order valence-electron chi connectivity index (χ4n) is 1.73. The molecule has 4 nitrogen and oxygen atoms in total. The van der Waals surface area contributed by atoms with Crippen LogP contribution in [0.25, 0.3) is 22.6 Å². The van der Waals surface area contributed by atoms with Crippen LogP contribution in [-0.2, 0) is 7.05 Å². The summed E-state index contributed by atoms with van der Waals surface area (Å²) in [5, 5.41) is 3.77. The third-order valence-corrected chi connectivity index (χ3v) is 2.75. The monoisotopic (exact) mass is 233 g/mol. The third-order valence-electron chi connectivity index (χ3n) is 2.46. The van der Waals surface area contributed by atoms with Crippen molar-refractivity contribution in [2.24, 2.45) is 7.05 Å². The average molecular weight is 234 g/mol. The number of hydrogen-bond donors (Lipinski definition) is 2. The van der Waals surface area contributed by atoms with E-state index in [1.165, 1.54) is 0 Å². The van der Waals surface area contributed by atoms with Gasteiger partial charge in [0, 0.05) is 0 Å². The Balaban J connectivity index is 2.22. The number of fused-ring (bicyclic) bond motifs is 1. The quantitative estimate of drug-likeness (QED) is 0.621. The number of aryl methyl sites for hydroxylation is 1.